The highest BCUT2D eigenvalue weighted by Crippen LogP contribution is 2.31. The average molecular weight is 474 g/mol. The van der Waals surface area contributed by atoms with Gasteiger partial charge >= 0.3 is 0 Å². The van der Waals surface area contributed by atoms with Crippen LogP contribution in [0.3, 0.4) is 0 Å². The number of nitrogens with one attached hydrogen (secondary N) is 2. The number of hydrogen-bond acceptors (Lipinski definition) is 5. The van der Waals surface area contributed by atoms with Crippen molar-refractivity contribution < 1.29 is 22.7 Å². The van der Waals surface area contributed by atoms with Crippen LogP contribution in [0, 0.1) is 0 Å². The zero-order valence-electron chi connectivity index (χ0n) is 17.0. The van der Waals surface area contributed by atoms with Crippen LogP contribution in [0.5, 0.6) is 11.5 Å². The van der Waals surface area contributed by atoms with Crippen LogP contribution in [0.15, 0.2) is 71.6 Å². The Bertz CT molecular complexity index is 1280. The van der Waals surface area contributed by atoms with Crippen molar-refractivity contribution in [1.82, 2.24) is 5.32 Å². The second-order valence-corrected chi connectivity index (χ2v) is 8.74. The summed E-state index contributed by atoms with van der Waals surface area (Å²) in [4.78, 5) is 23.9. The highest BCUT2D eigenvalue weighted by molar-refractivity contribution is 7.89. The molecule has 2 amide bonds. The Balaban J connectivity index is 1.80. The maximum atomic E-state index is 12.5. The fraction of sp³-hybridized carbons (Fsp3) is 0.0909. The number of primary sulfonamides is 1. The molecule has 10 heteroatoms. The smallest absolute Gasteiger partial charge is 0.251 e. The summed E-state index contributed by atoms with van der Waals surface area (Å²) in [5.74, 6) is -0.343. The topological polar surface area (TPSA) is 128 Å². The number of anilines is 1. The first-order chi connectivity index (χ1) is 15.2. The SMILES string of the molecule is CNC(=O)c1cccc(CC(=O)Nc2ccc(Oc3cccc(Cl)c3)c(S(N)(=O)=O)c2)c1. The molecule has 8 nitrogen and oxygen atoms in total. The second-order valence-electron chi connectivity index (χ2n) is 6.77. The molecule has 3 aromatic carbocycles. The zero-order valence-corrected chi connectivity index (χ0v) is 18.5. The van der Waals surface area contributed by atoms with Gasteiger partial charge in [0.05, 0.1) is 6.42 Å². The Morgan fingerprint density at radius 2 is 1.78 bits per heavy atom. The van der Waals surface area contributed by atoms with E-state index >= 15 is 0 Å². The quantitative estimate of drug-likeness (QED) is 0.485. The third-order valence-electron chi connectivity index (χ3n) is 4.34. The number of sulfonamides is 1. The van der Waals surface area contributed by atoms with Crippen LogP contribution >= 0.6 is 11.6 Å². The van der Waals surface area contributed by atoms with Gasteiger partial charge in [0.1, 0.15) is 16.4 Å². The summed E-state index contributed by atoms with van der Waals surface area (Å²) in [5.41, 5.74) is 1.27. The fourth-order valence-electron chi connectivity index (χ4n) is 2.91. The van der Waals surface area contributed by atoms with E-state index in [2.05, 4.69) is 10.6 Å². The number of hydrogen-bond donors (Lipinski definition) is 3. The first kappa shape index (κ1) is 23.3. The van der Waals surface area contributed by atoms with Crippen molar-refractivity contribution in [2.75, 3.05) is 12.4 Å². The molecule has 0 bridgehead atoms. The van der Waals surface area contributed by atoms with Crippen molar-refractivity contribution >= 4 is 39.1 Å². The van der Waals surface area contributed by atoms with E-state index in [0.717, 1.165) is 0 Å². The minimum absolute atomic E-state index is 0.00829. The van der Waals surface area contributed by atoms with E-state index in [1.165, 1.54) is 31.3 Å². The van der Waals surface area contributed by atoms with Gasteiger partial charge in [0, 0.05) is 23.3 Å². The van der Waals surface area contributed by atoms with Gasteiger partial charge in [0.2, 0.25) is 15.9 Å². The number of ether oxygens (including phenoxy) is 1. The van der Waals surface area contributed by atoms with E-state index in [-0.39, 0.29) is 28.7 Å². The van der Waals surface area contributed by atoms with Crippen molar-refractivity contribution in [1.29, 1.82) is 0 Å². The number of amides is 2. The number of carbonyl (C=O) groups excluding carboxylic acids is 2. The molecular weight excluding hydrogens is 454 g/mol. The summed E-state index contributed by atoms with van der Waals surface area (Å²) in [6.07, 6.45) is -0.0176. The van der Waals surface area contributed by atoms with E-state index in [1.54, 1.807) is 42.5 Å². The number of rotatable bonds is 7. The van der Waals surface area contributed by atoms with Gasteiger partial charge in [-0.05, 0) is 54.1 Å². The van der Waals surface area contributed by atoms with E-state index in [1.807, 2.05) is 0 Å². The van der Waals surface area contributed by atoms with Crippen LogP contribution in [0.2, 0.25) is 5.02 Å². The van der Waals surface area contributed by atoms with Gasteiger partial charge in [-0.1, -0.05) is 29.8 Å². The lowest BCUT2D eigenvalue weighted by Crippen LogP contribution is -2.19. The maximum Gasteiger partial charge on any atom is 0.251 e. The molecule has 0 aromatic heterocycles. The van der Waals surface area contributed by atoms with Crippen LogP contribution < -0.4 is 20.5 Å². The van der Waals surface area contributed by atoms with Gasteiger partial charge in [0.25, 0.3) is 5.91 Å². The minimum Gasteiger partial charge on any atom is -0.456 e. The largest absolute Gasteiger partial charge is 0.456 e. The Morgan fingerprint density at radius 3 is 2.47 bits per heavy atom. The number of carbonyl (C=O) groups is 2. The number of benzene rings is 3. The molecule has 0 aliphatic rings. The van der Waals surface area contributed by atoms with E-state index in [0.29, 0.717) is 21.9 Å². The lowest BCUT2D eigenvalue weighted by molar-refractivity contribution is -0.115. The molecule has 0 atom stereocenters. The molecule has 0 heterocycles. The molecule has 32 heavy (non-hydrogen) atoms. The summed E-state index contributed by atoms with van der Waals surface area (Å²) >= 11 is 5.93. The molecule has 166 valence electrons. The summed E-state index contributed by atoms with van der Waals surface area (Å²) in [7, 11) is -2.63. The Kier molecular flexibility index (Phi) is 7.14. The van der Waals surface area contributed by atoms with Crippen molar-refractivity contribution in [3.63, 3.8) is 0 Å². The van der Waals surface area contributed by atoms with E-state index in [4.69, 9.17) is 21.5 Å². The van der Waals surface area contributed by atoms with E-state index in [9.17, 15) is 18.0 Å². The van der Waals surface area contributed by atoms with E-state index < -0.39 is 15.9 Å². The average Bonchev–Trinajstić information content (AvgIpc) is 2.73. The third kappa shape index (κ3) is 6.07. The highest BCUT2D eigenvalue weighted by Gasteiger charge is 2.18. The molecular formula is C22H20ClN3O5S. The molecule has 0 spiro atoms. The standard InChI is InChI=1S/C22H20ClN3O5S/c1-25-22(28)15-5-2-4-14(10-15)11-21(27)26-17-8-9-19(20(13-17)32(24,29)30)31-18-7-3-6-16(23)12-18/h2-10,12-13H,11H2,1H3,(H,25,28)(H,26,27)(H2,24,29,30). The van der Waals surface area contributed by atoms with Crippen LogP contribution in [0.25, 0.3) is 0 Å². The molecule has 0 saturated heterocycles. The van der Waals surface area contributed by atoms with Crippen molar-refractivity contribution in [2.45, 2.75) is 11.3 Å². The lowest BCUT2D eigenvalue weighted by atomic mass is 10.1. The summed E-state index contributed by atoms with van der Waals surface area (Å²) < 4.78 is 29.8. The Morgan fingerprint density at radius 1 is 1.03 bits per heavy atom. The van der Waals surface area contributed by atoms with Crippen LogP contribution in [-0.4, -0.2) is 27.3 Å². The van der Waals surface area contributed by atoms with Gasteiger partial charge in [-0.3, -0.25) is 9.59 Å². The molecule has 3 rings (SSSR count). The fourth-order valence-corrected chi connectivity index (χ4v) is 3.77. The number of halogens is 1. The Hall–Kier alpha value is -3.40. The Labute approximate surface area is 190 Å². The van der Waals surface area contributed by atoms with Gasteiger partial charge in [-0.25, -0.2) is 13.6 Å². The predicted molar refractivity (Wildman–Crippen MR) is 122 cm³/mol. The van der Waals surface area contributed by atoms with Crippen molar-refractivity contribution in [2.24, 2.45) is 5.14 Å². The highest BCUT2D eigenvalue weighted by atomic mass is 35.5. The van der Waals surface area contributed by atoms with Crippen LogP contribution in [0.1, 0.15) is 15.9 Å². The van der Waals surface area contributed by atoms with Gasteiger partial charge in [-0.2, -0.15) is 0 Å². The van der Waals surface area contributed by atoms with Gasteiger partial charge < -0.3 is 15.4 Å². The second kappa shape index (κ2) is 9.82. The molecule has 0 unspecified atom stereocenters. The summed E-state index contributed by atoms with van der Waals surface area (Å²) in [6, 6.07) is 17.2. The molecule has 3 aromatic rings. The molecule has 0 fully saturated rings. The summed E-state index contributed by atoms with van der Waals surface area (Å²) in [6.45, 7) is 0. The molecule has 4 N–H and O–H groups in total. The minimum atomic E-state index is -4.15. The van der Waals surface area contributed by atoms with Crippen LogP contribution in [-0.2, 0) is 21.2 Å². The third-order valence-corrected chi connectivity index (χ3v) is 5.51. The first-order valence-corrected chi connectivity index (χ1v) is 11.3. The van der Waals surface area contributed by atoms with Crippen molar-refractivity contribution in [3.05, 3.63) is 82.9 Å². The lowest BCUT2D eigenvalue weighted by Gasteiger charge is -2.13. The monoisotopic (exact) mass is 473 g/mol. The van der Waals surface area contributed by atoms with Crippen LogP contribution in [0.4, 0.5) is 5.69 Å². The van der Waals surface area contributed by atoms with Gasteiger partial charge in [0.15, 0.2) is 0 Å². The molecule has 0 aliphatic carbocycles. The van der Waals surface area contributed by atoms with Crippen molar-refractivity contribution in [3.8, 4) is 11.5 Å². The maximum absolute atomic E-state index is 12.5. The first-order valence-electron chi connectivity index (χ1n) is 9.37. The molecule has 0 saturated carbocycles. The molecule has 0 radical (unpaired) electrons. The normalized spacial score (nSPS) is 11.0. The molecule has 0 aliphatic heterocycles. The number of nitrogens with two attached hydrogens (primary N) is 1. The zero-order chi connectivity index (χ0) is 23.3. The predicted octanol–water partition coefficient (Wildman–Crippen LogP) is 3.32. The summed E-state index contributed by atoms with van der Waals surface area (Å²) in [5, 5.41) is 10.9. The van der Waals surface area contributed by atoms with Gasteiger partial charge in [-0.15, -0.1) is 0 Å².